The van der Waals surface area contributed by atoms with Crippen LogP contribution in [0.3, 0.4) is 0 Å². The molecule has 0 aromatic heterocycles. The molecule has 1 unspecified atom stereocenters. The molecule has 9 heavy (non-hydrogen) atoms. The van der Waals surface area contributed by atoms with Crippen molar-refractivity contribution in [2.45, 2.75) is 5.72 Å². The molecule has 0 saturated heterocycles. The zero-order valence-corrected chi connectivity index (χ0v) is 4.54. The molecule has 0 radical (unpaired) electrons. The normalized spacial score (nSPS) is 33.4. The van der Waals surface area contributed by atoms with E-state index >= 15 is 0 Å². The lowest BCUT2D eigenvalue weighted by atomic mass is 10.2. The van der Waals surface area contributed by atoms with E-state index in [4.69, 9.17) is 10.8 Å². The zero-order valence-electron chi connectivity index (χ0n) is 4.54. The maximum absolute atomic E-state index is 12.3. The maximum Gasteiger partial charge on any atom is 0.192 e. The van der Waals surface area contributed by atoms with E-state index in [1.54, 1.807) is 0 Å². The van der Waals surface area contributed by atoms with E-state index in [0.29, 0.717) is 0 Å². The molecular weight excluding hydrogens is 125 g/mol. The van der Waals surface area contributed by atoms with Crippen LogP contribution in [0.4, 0.5) is 4.39 Å². The van der Waals surface area contributed by atoms with Gasteiger partial charge < -0.3 is 9.84 Å². The number of hydrogen-bond donors (Lipinski definition) is 2. The number of nitrogens with two attached hydrogens (primary N) is 1. The topological polar surface area (TPSA) is 55.5 Å². The molecule has 50 valence electrons. The first kappa shape index (κ1) is 6.25. The molecule has 0 aromatic rings. The summed E-state index contributed by atoms with van der Waals surface area (Å²) in [6, 6.07) is 0. The number of hydrogen-bond acceptors (Lipinski definition) is 3. The third-order valence-corrected chi connectivity index (χ3v) is 0.955. The lowest BCUT2D eigenvalue weighted by Crippen LogP contribution is -2.39. The summed E-state index contributed by atoms with van der Waals surface area (Å²) in [5.74, 6) is -0.898. The minimum Gasteiger partial charge on any atom is -0.470 e. The summed E-state index contributed by atoms with van der Waals surface area (Å²) in [5, 5.41) is 8.81. The van der Waals surface area contributed by atoms with Crippen LogP contribution in [0.25, 0.3) is 0 Å². The highest BCUT2D eigenvalue weighted by Gasteiger charge is 2.26. The van der Waals surface area contributed by atoms with Crippen LogP contribution in [0.2, 0.25) is 0 Å². The van der Waals surface area contributed by atoms with Crippen LogP contribution in [-0.2, 0) is 4.74 Å². The van der Waals surface area contributed by atoms with Gasteiger partial charge in [-0.25, -0.2) is 4.39 Å². The number of aliphatic hydroxyl groups is 1. The Kier molecular flexibility index (Phi) is 1.27. The van der Waals surface area contributed by atoms with Gasteiger partial charge in [0.15, 0.2) is 11.6 Å². The largest absolute Gasteiger partial charge is 0.470 e. The van der Waals surface area contributed by atoms with E-state index in [1.165, 1.54) is 0 Å². The third-order valence-electron chi connectivity index (χ3n) is 0.955. The predicted octanol–water partition coefficient (Wildman–Crippen LogP) is -0.0115. The van der Waals surface area contributed by atoms with Crippen molar-refractivity contribution >= 4 is 0 Å². The van der Waals surface area contributed by atoms with E-state index in [1.807, 2.05) is 0 Å². The van der Waals surface area contributed by atoms with Gasteiger partial charge in [0.25, 0.3) is 0 Å². The first-order valence-corrected chi connectivity index (χ1v) is 2.33. The fourth-order valence-corrected chi connectivity index (χ4v) is 0.416. The van der Waals surface area contributed by atoms with Crippen LogP contribution in [0.1, 0.15) is 0 Å². The Bertz CT molecular complexity index is 174. The predicted molar refractivity (Wildman–Crippen MR) is 28.6 cm³/mol. The van der Waals surface area contributed by atoms with Crippen LogP contribution < -0.4 is 5.73 Å². The Morgan fingerprint density at radius 1 is 1.78 bits per heavy atom. The molecule has 1 heterocycles. The fourth-order valence-electron chi connectivity index (χ4n) is 0.416. The van der Waals surface area contributed by atoms with Gasteiger partial charge in [0.05, 0.1) is 6.26 Å². The van der Waals surface area contributed by atoms with E-state index in [0.717, 1.165) is 18.6 Å². The van der Waals surface area contributed by atoms with Crippen molar-refractivity contribution < 1.29 is 14.2 Å². The first-order valence-electron chi connectivity index (χ1n) is 2.33. The van der Waals surface area contributed by atoms with Crippen molar-refractivity contribution in [3.63, 3.8) is 0 Å². The van der Waals surface area contributed by atoms with Crippen molar-refractivity contribution in [3.05, 3.63) is 24.4 Å². The highest BCUT2D eigenvalue weighted by atomic mass is 19.1. The average Bonchev–Trinajstić information content (AvgIpc) is 1.77. The van der Waals surface area contributed by atoms with Crippen molar-refractivity contribution in [2.24, 2.45) is 5.73 Å². The Morgan fingerprint density at radius 2 is 2.44 bits per heavy atom. The van der Waals surface area contributed by atoms with Gasteiger partial charge in [-0.3, -0.25) is 5.73 Å². The molecule has 3 N–H and O–H groups in total. The standard InChI is InChI=1S/C5H6FNO2/c6-4-3-9-2-1-5(4,7)8/h1-3,8H,7H2. The van der Waals surface area contributed by atoms with Crippen molar-refractivity contribution in [2.75, 3.05) is 0 Å². The van der Waals surface area contributed by atoms with Gasteiger partial charge in [0.1, 0.15) is 6.26 Å². The molecule has 0 fully saturated rings. The minimum absolute atomic E-state index is 0.750. The molecule has 4 heteroatoms. The summed E-state index contributed by atoms with van der Waals surface area (Å²) < 4.78 is 16.6. The molecule has 1 aliphatic rings. The summed E-state index contributed by atoms with van der Waals surface area (Å²) in [6.45, 7) is 0. The lowest BCUT2D eigenvalue weighted by molar-refractivity contribution is 0.0949. The van der Waals surface area contributed by atoms with Crippen LogP contribution >= 0.6 is 0 Å². The Balaban J connectivity index is 2.83. The summed E-state index contributed by atoms with van der Waals surface area (Å²) in [7, 11) is 0. The summed E-state index contributed by atoms with van der Waals surface area (Å²) in [4.78, 5) is 0. The Labute approximate surface area is 51.2 Å². The highest BCUT2D eigenvalue weighted by Crippen LogP contribution is 2.17. The van der Waals surface area contributed by atoms with Crippen LogP contribution in [0.5, 0.6) is 0 Å². The minimum atomic E-state index is -1.97. The second-order valence-electron chi connectivity index (χ2n) is 1.73. The quantitative estimate of drug-likeness (QED) is 0.454. The molecule has 0 aromatic carbocycles. The van der Waals surface area contributed by atoms with E-state index in [9.17, 15) is 4.39 Å². The van der Waals surface area contributed by atoms with Gasteiger partial charge in [-0.15, -0.1) is 0 Å². The Morgan fingerprint density at radius 3 is 2.78 bits per heavy atom. The molecule has 1 rings (SSSR count). The summed E-state index contributed by atoms with van der Waals surface area (Å²) in [6.07, 6.45) is 2.88. The number of rotatable bonds is 0. The van der Waals surface area contributed by atoms with Gasteiger partial charge in [-0.05, 0) is 0 Å². The zero-order chi connectivity index (χ0) is 6.91. The van der Waals surface area contributed by atoms with Crippen molar-refractivity contribution in [1.82, 2.24) is 0 Å². The highest BCUT2D eigenvalue weighted by molar-refractivity contribution is 5.16. The average molecular weight is 131 g/mol. The number of ether oxygens (including phenoxy) is 1. The summed E-state index contributed by atoms with van der Waals surface area (Å²) >= 11 is 0. The van der Waals surface area contributed by atoms with Gasteiger partial charge in [0.2, 0.25) is 0 Å². The van der Waals surface area contributed by atoms with Crippen molar-refractivity contribution in [3.8, 4) is 0 Å². The van der Waals surface area contributed by atoms with E-state index in [2.05, 4.69) is 4.74 Å². The molecule has 0 amide bonds. The van der Waals surface area contributed by atoms with Crippen molar-refractivity contribution in [1.29, 1.82) is 0 Å². The second-order valence-corrected chi connectivity index (χ2v) is 1.73. The number of halogens is 1. The molecular formula is C5H6FNO2. The van der Waals surface area contributed by atoms with Crippen LogP contribution in [0.15, 0.2) is 24.4 Å². The van der Waals surface area contributed by atoms with E-state index in [-0.39, 0.29) is 0 Å². The van der Waals surface area contributed by atoms with Crippen LogP contribution in [-0.4, -0.2) is 10.8 Å². The monoisotopic (exact) mass is 131 g/mol. The fraction of sp³-hybridized carbons (Fsp3) is 0.200. The lowest BCUT2D eigenvalue weighted by Gasteiger charge is -2.18. The molecule has 0 aliphatic carbocycles. The van der Waals surface area contributed by atoms with Crippen LogP contribution in [0, 0.1) is 0 Å². The molecule has 3 nitrogen and oxygen atoms in total. The van der Waals surface area contributed by atoms with Gasteiger partial charge in [-0.2, -0.15) is 0 Å². The molecule has 0 spiro atoms. The first-order chi connectivity index (χ1) is 4.13. The second kappa shape index (κ2) is 1.82. The molecule has 0 saturated carbocycles. The Hall–Kier alpha value is -0.870. The SMILES string of the molecule is NC1(O)C=COC=C1F. The van der Waals surface area contributed by atoms with Gasteiger partial charge >= 0.3 is 0 Å². The summed E-state index contributed by atoms with van der Waals surface area (Å²) in [5.41, 5.74) is 2.99. The molecule has 1 atom stereocenters. The van der Waals surface area contributed by atoms with Gasteiger partial charge in [0, 0.05) is 6.08 Å². The molecule has 0 bridgehead atoms. The smallest absolute Gasteiger partial charge is 0.192 e. The molecule has 1 aliphatic heterocycles. The maximum atomic E-state index is 12.3. The van der Waals surface area contributed by atoms with E-state index < -0.39 is 11.6 Å². The van der Waals surface area contributed by atoms with Gasteiger partial charge in [-0.1, -0.05) is 0 Å². The third kappa shape index (κ3) is 1.09.